The maximum Gasteiger partial charge on any atom is 0.250 e. The third kappa shape index (κ3) is 5.48. The first-order chi connectivity index (χ1) is 10.2. The number of carbonyl (C=O) groups excluding carboxylic acids is 1. The zero-order valence-electron chi connectivity index (χ0n) is 13.1. The van der Waals surface area contributed by atoms with Crippen molar-refractivity contribution in [2.75, 3.05) is 26.2 Å². The highest BCUT2D eigenvalue weighted by Crippen LogP contribution is 2.18. The van der Waals surface area contributed by atoms with Crippen LogP contribution in [0.2, 0.25) is 0 Å². The summed E-state index contributed by atoms with van der Waals surface area (Å²) in [5.41, 5.74) is 1.10. The molecule has 6 heteroatoms. The smallest absolute Gasteiger partial charge is 0.250 e. The van der Waals surface area contributed by atoms with E-state index in [1.807, 2.05) is 38.1 Å². The van der Waals surface area contributed by atoms with Crippen LogP contribution in [-0.4, -0.2) is 44.4 Å². The molecule has 124 valence electrons. The Balaban J connectivity index is 0.00000242. The Kier molecular flexibility index (Phi) is 8.24. The molecule has 0 saturated carbocycles. The van der Waals surface area contributed by atoms with Gasteiger partial charge in [-0.2, -0.15) is 0 Å². The van der Waals surface area contributed by atoms with Crippen LogP contribution in [0.25, 0.3) is 0 Å². The lowest BCUT2D eigenvalue weighted by atomic mass is 10.2. The molecule has 2 rings (SSSR count). The summed E-state index contributed by atoms with van der Waals surface area (Å²) in [4.78, 5) is 12.0. The van der Waals surface area contributed by atoms with Gasteiger partial charge in [0.1, 0.15) is 18.0 Å². The van der Waals surface area contributed by atoms with E-state index >= 15 is 0 Å². The molecule has 0 aromatic heterocycles. The number of amides is 1. The summed E-state index contributed by atoms with van der Waals surface area (Å²) in [6.45, 7) is 6.51. The fraction of sp³-hybridized carbons (Fsp3) is 0.562. The zero-order chi connectivity index (χ0) is 15.1. The molecule has 0 spiro atoms. The number of morpholine rings is 1. The molecule has 1 aromatic rings. The molecule has 1 amide bonds. The number of ether oxygens (including phenoxy) is 2. The van der Waals surface area contributed by atoms with Gasteiger partial charge in [0, 0.05) is 13.1 Å². The van der Waals surface area contributed by atoms with E-state index in [-0.39, 0.29) is 24.4 Å². The molecule has 1 heterocycles. The molecule has 1 saturated heterocycles. The molecule has 0 aliphatic carbocycles. The largest absolute Gasteiger partial charge is 0.488 e. The van der Waals surface area contributed by atoms with Crippen molar-refractivity contribution in [3.63, 3.8) is 0 Å². The van der Waals surface area contributed by atoms with E-state index in [4.69, 9.17) is 9.47 Å². The topological polar surface area (TPSA) is 59.6 Å². The average Bonchev–Trinajstić information content (AvgIpc) is 2.53. The van der Waals surface area contributed by atoms with Crippen molar-refractivity contribution in [3.05, 3.63) is 29.8 Å². The molecule has 1 aliphatic heterocycles. The minimum atomic E-state index is -0.394. The lowest BCUT2D eigenvalue weighted by Crippen LogP contribution is -2.49. The Morgan fingerprint density at radius 3 is 2.91 bits per heavy atom. The van der Waals surface area contributed by atoms with Crippen molar-refractivity contribution in [1.82, 2.24) is 10.6 Å². The Hall–Kier alpha value is -1.30. The highest BCUT2D eigenvalue weighted by molar-refractivity contribution is 5.85. The van der Waals surface area contributed by atoms with Gasteiger partial charge in [0.15, 0.2) is 0 Å². The van der Waals surface area contributed by atoms with E-state index in [0.29, 0.717) is 19.7 Å². The second-order valence-corrected chi connectivity index (χ2v) is 5.22. The molecular weight excluding hydrogens is 304 g/mol. The van der Waals surface area contributed by atoms with Gasteiger partial charge in [-0.1, -0.05) is 25.1 Å². The Morgan fingerprint density at radius 1 is 1.50 bits per heavy atom. The molecule has 2 atom stereocenters. The second-order valence-electron chi connectivity index (χ2n) is 5.22. The van der Waals surface area contributed by atoms with Crippen LogP contribution in [0.5, 0.6) is 5.75 Å². The molecule has 5 nitrogen and oxygen atoms in total. The minimum Gasteiger partial charge on any atom is -0.488 e. The highest BCUT2D eigenvalue weighted by atomic mass is 35.5. The first-order valence-electron chi connectivity index (χ1n) is 7.53. The summed E-state index contributed by atoms with van der Waals surface area (Å²) in [6.07, 6.45) is 0.402. The van der Waals surface area contributed by atoms with Crippen molar-refractivity contribution >= 4 is 18.3 Å². The monoisotopic (exact) mass is 328 g/mol. The van der Waals surface area contributed by atoms with Gasteiger partial charge >= 0.3 is 0 Å². The maximum atomic E-state index is 12.0. The summed E-state index contributed by atoms with van der Waals surface area (Å²) >= 11 is 0. The van der Waals surface area contributed by atoms with Crippen LogP contribution >= 0.6 is 12.4 Å². The first kappa shape index (κ1) is 18.7. The Morgan fingerprint density at radius 2 is 2.27 bits per heavy atom. The molecular formula is C16H25ClN2O3. The highest BCUT2D eigenvalue weighted by Gasteiger charge is 2.22. The predicted molar refractivity (Wildman–Crippen MR) is 88.8 cm³/mol. The quantitative estimate of drug-likeness (QED) is 0.834. The molecule has 22 heavy (non-hydrogen) atoms. The minimum absolute atomic E-state index is 0. The van der Waals surface area contributed by atoms with Gasteiger partial charge in [-0.15, -0.1) is 12.4 Å². The summed E-state index contributed by atoms with van der Waals surface area (Å²) in [5.74, 6) is 0.795. The number of rotatable bonds is 6. The van der Waals surface area contributed by atoms with Gasteiger partial charge in [0.2, 0.25) is 0 Å². The number of nitrogens with one attached hydrogen (secondary N) is 2. The van der Waals surface area contributed by atoms with E-state index in [1.165, 1.54) is 0 Å². The number of benzene rings is 1. The van der Waals surface area contributed by atoms with E-state index in [1.54, 1.807) is 0 Å². The molecule has 0 radical (unpaired) electrons. The van der Waals surface area contributed by atoms with Crippen molar-refractivity contribution in [3.8, 4) is 5.75 Å². The van der Waals surface area contributed by atoms with Crippen LogP contribution in [0.1, 0.15) is 18.9 Å². The van der Waals surface area contributed by atoms with Crippen molar-refractivity contribution in [2.45, 2.75) is 32.5 Å². The summed E-state index contributed by atoms with van der Waals surface area (Å²) in [6, 6.07) is 7.91. The van der Waals surface area contributed by atoms with Crippen LogP contribution < -0.4 is 15.4 Å². The first-order valence-corrected chi connectivity index (χ1v) is 7.53. The number of carbonyl (C=O) groups is 1. The van der Waals surface area contributed by atoms with E-state index < -0.39 is 6.10 Å². The standard InChI is InChI=1S/C16H24N2O3.ClH/c1-3-13(21-14-7-5-4-6-12(14)2)10-18-16(19)15-11-17-8-9-20-15;/h4-7,13,15,17H,3,8-11H2,1-2H3,(H,18,19);1H. The summed E-state index contributed by atoms with van der Waals surface area (Å²) in [7, 11) is 0. The summed E-state index contributed by atoms with van der Waals surface area (Å²) in [5, 5.41) is 6.06. The number of hydrogen-bond donors (Lipinski definition) is 2. The molecule has 2 N–H and O–H groups in total. The van der Waals surface area contributed by atoms with Gasteiger partial charge in [-0.3, -0.25) is 4.79 Å². The van der Waals surface area contributed by atoms with Crippen molar-refractivity contribution in [2.24, 2.45) is 0 Å². The summed E-state index contributed by atoms with van der Waals surface area (Å²) < 4.78 is 11.4. The van der Waals surface area contributed by atoms with Crippen molar-refractivity contribution in [1.29, 1.82) is 0 Å². The van der Waals surface area contributed by atoms with Crippen LogP contribution in [0.4, 0.5) is 0 Å². The average molecular weight is 329 g/mol. The van der Waals surface area contributed by atoms with Gasteiger partial charge < -0.3 is 20.1 Å². The van der Waals surface area contributed by atoms with Crippen molar-refractivity contribution < 1.29 is 14.3 Å². The molecule has 1 fully saturated rings. The maximum absolute atomic E-state index is 12.0. The molecule has 2 unspecified atom stereocenters. The SMILES string of the molecule is CCC(CNC(=O)C1CNCCO1)Oc1ccccc1C.Cl. The lowest BCUT2D eigenvalue weighted by Gasteiger charge is -2.24. The van der Waals surface area contributed by atoms with Gasteiger partial charge in [-0.25, -0.2) is 0 Å². The van der Waals surface area contributed by atoms with Gasteiger partial charge in [0.05, 0.1) is 13.2 Å². The van der Waals surface area contributed by atoms with Crippen LogP contribution in [0.3, 0.4) is 0 Å². The van der Waals surface area contributed by atoms with E-state index in [2.05, 4.69) is 10.6 Å². The Labute approximate surface area is 138 Å². The molecule has 1 aliphatic rings. The zero-order valence-corrected chi connectivity index (χ0v) is 13.9. The molecule has 1 aromatic carbocycles. The third-order valence-electron chi connectivity index (χ3n) is 3.57. The van der Waals surface area contributed by atoms with Crippen LogP contribution in [0, 0.1) is 6.92 Å². The molecule has 0 bridgehead atoms. The fourth-order valence-corrected chi connectivity index (χ4v) is 2.20. The third-order valence-corrected chi connectivity index (χ3v) is 3.57. The fourth-order valence-electron chi connectivity index (χ4n) is 2.20. The van der Waals surface area contributed by atoms with Crippen LogP contribution in [-0.2, 0) is 9.53 Å². The van der Waals surface area contributed by atoms with Gasteiger partial charge in [-0.05, 0) is 25.0 Å². The van der Waals surface area contributed by atoms with E-state index in [0.717, 1.165) is 24.3 Å². The van der Waals surface area contributed by atoms with Gasteiger partial charge in [0.25, 0.3) is 5.91 Å². The number of halogens is 1. The second kappa shape index (κ2) is 9.66. The number of para-hydroxylation sites is 1. The van der Waals surface area contributed by atoms with Crippen LogP contribution in [0.15, 0.2) is 24.3 Å². The lowest BCUT2D eigenvalue weighted by molar-refractivity contribution is -0.134. The number of aryl methyl sites for hydroxylation is 1. The predicted octanol–water partition coefficient (Wildman–Crippen LogP) is 1.68. The Bertz CT molecular complexity index is 464. The van der Waals surface area contributed by atoms with E-state index in [9.17, 15) is 4.79 Å². The normalized spacial score (nSPS) is 18.9. The number of hydrogen-bond acceptors (Lipinski definition) is 4.